The fourth-order valence-electron chi connectivity index (χ4n) is 2.02. The third-order valence-electron chi connectivity index (χ3n) is 2.98. The van der Waals surface area contributed by atoms with Crippen molar-refractivity contribution >= 4 is 32.9 Å². The number of aromatic nitrogens is 3. The topological polar surface area (TPSA) is 68.0 Å². The normalized spacial score (nSPS) is 10.8. The fourth-order valence-corrected chi connectivity index (χ4v) is 2.47. The molecule has 0 unspecified atom stereocenters. The minimum Gasteiger partial charge on any atom is -0.478 e. The Hall–Kier alpha value is -2.21. The Labute approximate surface area is 123 Å². The molecule has 0 bridgehead atoms. The largest absolute Gasteiger partial charge is 0.478 e. The maximum absolute atomic E-state index is 11.0. The van der Waals surface area contributed by atoms with E-state index >= 15 is 0 Å². The highest BCUT2D eigenvalue weighted by Crippen LogP contribution is 2.17. The molecule has 0 amide bonds. The molecule has 1 heterocycles. The first-order valence-corrected chi connectivity index (χ1v) is 6.74. The van der Waals surface area contributed by atoms with Crippen LogP contribution in [0.3, 0.4) is 0 Å². The van der Waals surface area contributed by atoms with E-state index in [0.717, 1.165) is 10.0 Å². The van der Waals surface area contributed by atoms with Crippen molar-refractivity contribution in [1.82, 2.24) is 15.0 Å². The summed E-state index contributed by atoms with van der Waals surface area (Å²) in [6.07, 6.45) is 0. The van der Waals surface area contributed by atoms with Crippen molar-refractivity contribution in [2.75, 3.05) is 0 Å². The van der Waals surface area contributed by atoms with Crippen LogP contribution in [-0.4, -0.2) is 26.1 Å². The van der Waals surface area contributed by atoms with E-state index in [1.165, 1.54) is 6.07 Å². The first-order valence-electron chi connectivity index (χ1n) is 5.94. The minimum absolute atomic E-state index is 0.232. The van der Waals surface area contributed by atoms with Crippen LogP contribution >= 0.6 is 15.9 Å². The summed E-state index contributed by atoms with van der Waals surface area (Å²) in [7, 11) is 0. The van der Waals surface area contributed by atoms with E-state index in [4.69, 9.17) is 5.11 Å². The Kier molecular flexibility index (Phi) is 3.23. The smallest absolute Gasteiger partial charge is 0.335 e. The van der Waals surface area contributed by atoms with Crippen LogP contribution in [0, 0.1) is 0 Å². The van der Waals surface area contributed by atoms with E-state index in [0.29, 0.717) is 17.6 Å². The molecule has 20 heavy (non-hydrogen) atoms. The van der Waals surface area contributed by atoms with Crippen molar-refractivity contribution in [2.24, 2.45) is 0 Å². The lowest BCUT2D eigenvalue weighted by molar-refractivity contribution is 0.0697. The number of fused-ring (bicyclic) bond motifs is 1. The summed E-state index contributed by atoms with van der Waals surface area (Å²) < 4.78 is 2.69. The number of hydrogen-bond acceptors (Lipinski definition) is 3. The number of hydrogen-bond donors (Lipinski definition) is 1. The summed E-state index contributed by atoms with van der Waals surface area (Å²) in [5, 5.41) is 17.2. The standard InChI is InChI=1S/C14H10BrN3O2/c15-11-3-1-2-9(6-11)8-18-13-7-10(14(19)20)4-5-12(13)16-17-18/h1-7H,8H2,(H,19,20). The molecule has 2 aromatic carbocycles. The number of carboxylic acids is 1. The quantitative estimate of drug-likeness (QED) is 0.801. The van der Waals surface area contributed by atoms with E-state index in [1.807, 2.05) is 24.3 Å². The Morgan fingerprint density at radius 1 is 1.25 bits per heavy atom. The maximum atomic E-state index is 11.0. The summed E-state index contributed by atoms with van der Waals surface area (Å²) in [6.45, 7) is 0.541. The van der Waals surface area contributed by atoms with Gasteiger partial charge in [-0.1, -0.05) is 33.3 Å². The predicted molar refractivity (Wildman–Crippen MR) is 77.7 cm³/mol. The molecular formula is C14H10BrN3O2. The van der Waals surface area contributed by atoms with Crippen molar-refractivity contribution in [3.8, 4) is 0 Å². The van der Waals surface area contributed by atoms with Gasteiger partial charge in [-0.05, 0) is 35.9 Å². The van der Waals surface area contributed by atoms with Gasteiger partial charge in [-0.15, -0.1) is 5.10 Å². The van der Waals surface area contributed by atoms with Crippen molar-refractivity contribution < 1.29 is 9.90 Å². The number of rotatable bonds is 3. The lowest BCUT2D eigenvalue weighted by atomic mass is 10.2. The lowest BCUT2D eigenvalue weighted by Gasteiger charge is -2.03. The molecule has 0 aliphatic rings. The van der Waals surface area contributed by atoms with Gasteiger partial charge < -0.3 is 5.11 Å². The summed E-state index contributed by atoms with van der Waals surface area (Å²) in [4.78, 5) is 11.0. The maximum Gasteiger partial charge on any atom is 0.335 e. The first-order chi connectivity index (χ1) is 9.63. The van der Waals surface area contributed by atoms with Crippen molar-refractivity contribution in [1.29, 1.82) is 0 Å². The zero-order valence-electron chi connectivity index (χ0n) is 10.3. The highest BCUT2D eigenvalue weighted by Gasteiger charge is 2.09. The van der Waals surface area contributed by atoms with Crippen LogP contribution in [0.2, 0.25) is 0 Å². The van der Waals surface area contributed by atoms with Crippen LogP contribution in [0.15, 0.2) is 46.9 Å². The molecule has 6 heteroatoms. The Balaban J connectivity index is 2.03. The molecule has 100 valence electrons. The average Bonchev–Trinajstić information content (AvgIpc) is 2.81. The van der Waals surface area contributed by atoms with Gasteiger partial charge in [0, 0.05) is 4.47 Å². The zero-order chi connectivity index (χ0) is 14.1. The second-order valence-electron chi connectivity index (χ2n) is 4.39. The van der Waals surface area contributed by atoms with Crippen LogP contribution in [0.4, 0.5) is 0 Å². The number of halogens is 1. The van der Waals surface area contributed by atoms with E-state index < -0.39 is 5.97 Å². The molecule has 0 fully saturated rings. The number of carbonyl (C=O) groups is 1. The molecule has 0 saturated carbocycles. The van der Waals surface area contributed by atoms with E-state index in [9.17, 15) is 4.79 Å². The van der Waals surface area contributed by atoms with Gasteiger partial charge in [0.25, 0.3) is 0 Å². The molecule has 0 atom stereocenters. The van der Waals surface area contributed by atoms with Gasteiger partial charge >= 0.3 is 5.97 Å². The molecule has 3 aromatic rings. The van der Waals surface area contributed by atoms with Crippen molar-refractivity contribution in [3.05, 3.63) is 58.1 Å². The van der Waals surface area contributed by atoms with E-state index in [2.05, 4.69) is 26.2 Å². The van der Waals surface area contributed by atoms with Gasteiger partial charge in [-0.3, -0.25) is 0 Å². The highest BCUT2D eigenvalue weighted by molar-refractivity contribution is 9.10. The molecule has 3 rings (SSSR count). The molecule has 1 aromatic heterocycles. The molecule has 1 N–H and O–H groups in total. The molecule has 5 nitrogen and oxygen atoms in total. The Bertz CT molecular complexity index is 798. The third kappa shape index (κ3) is 2.42. The van der Waals surface area contributed by atoms with Gasteiger partial charge in [0.05, 0.1) is 17.6 Å². The van der Waals surface area contributed by atoms with Gasteiger partial charge in [0.15, 0.2) is 0 Å². The Morgan fingerprint density at radius 3 is 2.85 bits per heavy atom. The van der Waals surface area contributed by atoms with Crippen LogP contribution in [0.1, 0.15) is 15.9 Å². The Morgan fingerprint density at radius 2 is 2.10 bits per heavy atom. The number of carboxylic acid groups (broad SMARTS) is 1. The van der Waals surface area contributed by atoms with Crippen LogP contribution in [0.5, 0.6) is 0 Å². The summed E-state index contributed by atoms with van der Waals surface area (Å²) in [5.41, 5.74) is 2.69. The van der Waals surface area contributed by atoms with E-state index in [1.54, 1.807) is 16.8 Å². The SMILES string of the molecule is O=C(O)c1ccc2nnn(Cc3cccc(Br)c3)c2c1. The van der Waals surface area contributed by atoms with Gasteiger partial charge in [-0.2, -0.15) is 0 Å². The number of benzene rings is 2. The number of aromatic carboxylic acids is 1. The minimum atomic E-state index is -0.956. The van der Waals surface area contributed by atoms with Crippen molar-refractivity contribution in [3.63, 3.8) is 0 Å². The predicted octanol–water partition coefficient (Wildman–Crippen LogP) is 2.94. The molecular weight excluding hydrogens is 322 g/mol. The molecule has 0 spiro atoms. The van der Waals surface area contributed by atoms with Crippen molar-refractivity contribution in [2.45, 2.75) is 6.54 Å². The number of nitrogens with zero attached hydrogens (tertiary/aromatic N) is 3. The summed E-state index contributed by atoms with van der Waals surface area (Å²) in [5.74, 6) is -0.956. The second-order valence-corrected chi connectivity index (χ2v) is 5.30. The molecule has 0 saturated heterocycles. The summed E-state index contributed by atoms with van der Waals surface area (Å²) in [6, 6.07) is 12.7. The van der Waals surface area contributed by atoms with Crippen LogP contribution < -0.4 is 0 Å². The van der Waals surface area contributed by atoms with Gasteiger partial charge in [0.2, 0.25) is 0 Å². The van der Waals surface area contributed by atoms with Gasteiger partial charge in [0.1, 0.15) is 5.52 Å². The fraction of sp³-hybridized carbons (Fsp3) is 0.0714. The highest BCUT2D eigenvalue weighted by atomic mass is 79.9. The zero-order valence-corrected chi connectivity index (χ0v) is 11.9. The van der Waals surface area contributed by atoms with Crippen LogP contribution in [-0.2, 0) is 6.54 Å². The van der Waals surface area contributed by atoms with Crippen LogP contribution in [0.25, 0.3) is 11.0 Å². The third-order valence-corrected chi connectivity index (χ3v) is 3.48. The molecule has 0 aliphatic carbocycles. The molecule has 0 aliphatic heterocycles. The first kappa shape index (κ1) is 12.8. The van der Waals surface area contributed by atoms with E-state index in [-0.39, 0.29) is 5.56 Å². The monoisotopic (exact) mass is 331 g/mol. The van der Waals surface area contributed by atoms with Gasteiger partial charge in [-0.25, -0.2) is 9.48 Å². The second kappa shape index (κ2) is 5.05. The average molecular weight is 332 g/mol. The lowest BCUT2D eigenvalue weighted by Crippen LogP contribution is -2.03. The molecule has 0 radical (unpaired) electrons. The summed E-state index contributed by atoms with van der Waals surface area (Å²) >= 11 is 3.42.